The molecule has 11 nitrogen and oxygen atoms in total. The van der Waals surface area contributed by atoms with Crippen LogP contribution in [0.4, 0.5) is 5.69 Å². The van der Waals surface area contributed by atoms with Gasteiger partial charge < -0.3 is 39.2 Å². The van der Waals surface area contributed by atoms with Gasteiger partial charge in [-0.3, -0.25) is 9.69 Å². The number of ether oxygens (including phenoxy) is 5. The maximum Gasteiger partial charge on any atom is 0.340 e. The maximum atomic E-state index is 13.9. The SMILES string of the molecule is CC[C@@H](C)C(=O)Nc1ccccc1C(=O)OC[C@@]12CC[C@H](OC)[C@@]34[C@@H]5C[C@H]6[C@H](OC)[C@@H]5[C@](O)(C[C@@H]6OC)[C@@](O)([C@@H](OC)[C@H]13)[C@H]4N(CC)C2. The quantitative estimate of drug-likeness (QED) is 0.302. The number of nitrogens with one attached hydrogen (secondary N) is 1. The lowest BCUT2D eigenvalue weighted by Crippen LogP contribution is -2.82. The van der Waals surface area contributed by atoms with Gasteiger partial charge in [-0.1, -0.05) is 32.9 Å². The number of esters is 1. The van der Waals surface area contributed by atoms with Gasteiger partial charge >= 0.3 is 5.97 Å². The van der Waals surface area contributed by atoms with E-state index in [4.69, 9.17) is 23.7 Å². The summed E-state index contributed by atoms with van der Waals surface area (Å²) in [6.45, 7) is 7.22. The number of fused-ring (bicyclic) bond motifs is 2. The summed E-state index contributed by atoms with van der Waals surface area (Å²) < 4.78 is 31.4. The fourth-order valence-corrected chi connectivity index (χ4v) is 12.5. The summed E-state index contributed by atoms with van der Waals surface area (Å²) >= 11 is 0. The maximum absolute atomic E-state index is 13.9. The molecule has 1 aromatic rings. The number of carbonyl (C=O) groups excluding carboxylic acids is 2. The molecule has 0 unspecified atom stereocenters. The third kappa shape index (κ3) is 4.12. The topological polar surface area (TPSA) is 136 Å². The Hall–Kier alpha value is -2.12. The molecule has 14 atom stereocenters. The molecule has 266 valence electrons. The Morgan fingerprint density at radius 1 is 1.06 bits per heavy atom. The van der Waals surface area contributed by atoms with Crippen molar-refractivity contribution in [2.24, 2.45) is 40.4 Å². The first kappa shape index (κ1) is 34.3. The van der Waals surface area contributed by atoms with E-state index < -0.39 is 40.1 Å². The number of likely N-dealkylation sites (N-methyl/N-ethyl adjacent to an activating group) is 1. The van der Waals surface area contributed by atoms with Crippen LogP contribution in [0, 0.1) is 40.4 Å². The molecule has 1 aliphatic heterocycles. The first-order valence-electron chi connectivity index (χ1n) is 17.9. The Morgan fingerprint density at radius 2 is 1.81 bits per heavy atom. The van der Waals surface area contributed by atoms with Gasteiger partial charge in [0.05, 0.1) is 48.3 Å². The molecule has 1 heterocycles. The third-order valence-corrected chi connectivity index (χ3v) is 14.3. The van der Waals surface area contributed by atoms with Crippen LogP contribution in [-0.4, -0.2) is 117 Å². The second kappa shape index (κ2) is 12.0. The van der Waals surface area contributed by atoms with E-state index in [0.717, 1.165) is 12.8 Å². The molecule has 1 amide bonds. The van der Waals surface area contributed by atoms with E-state index in [0.29, 0.717) is 43.6 Å². The highest BCUT2D eigenvalue weighted by atomic mass is 16.5. The number of hydrogen-bond donors (Lipinski definition) is 3. The minimum Gasteiger partial charge on any atom is -0.461 e. The number of benzene rings is 1. The van der Waals surface area contributed by atoms with Gasteiger partial charge in [-0.15, -0.1) is 0 Å². The number of hydrogen-bond acceptors (Lipinski definition) is 10. The van der Waals surface area contributed by atoms with Crippen molar-refractivity contribution in [1.82, 2.24) is 4.90 Å². The van der Waals surface area contributed by atoms with E-state index in [9.17, 15) is 19.8 Å². The van der Waals surface area contributed by atoms with Crippen LogP contribution in [-0.2, 0) is 28.5 Å². The van der Waals surface area contributed by atoms with Crippen molar-refractivity contribution in [2.75, 3.05) is 53.5 Å². The largest absolute Gasteiger partial charge is 0.461 e. The number of rotatable bonds is 11. The summed E-state index contributed by atoms with van der Waals surface area (Å²) in [5.41, 5.74) is -3.66. The Bertz CT molecular complexity index is 1430. The number of nitrogens with zero attached hydrogens (tertiary/aromatic N) is 1. The lowest BCUT2D eigenvalue weighted by molar-refractivity contribution is -0.320. The molecule has 0 aromatic heterocycles. The molecule has 6 aliphatic rings. The zero-order chi connectivity index (χ0) is 34.4. The first-order valence-corrected chi connectivity index (χ1v) is 17.9. The van der Waals surface area contributed by atoms with Crippen LogP contribution in [0.5, 0.6) is 0 Å². The van der Waals surface area contributed by atoms with Gasteiger partial charge in [-0.25, -0.2) is 4.79 Å². The molecular formula is C37H54N2O9. The van der Waals surface area contributed by atoms with Crippen molar-refractivity contribution in [3.63, 3.8) is 0 Å². The zero-order valence-corrected chi connectivity index (χ0v) is 29.4. The van der Waals surface area contributed by atoms with E-state index in [1.165, 1.54) is 0 Å². The predicted molar refractivity (Wildman–Crippen MR) is 176 cm³/mol. The average molecular weight is 671 g/mol. The van der Waals surface area contributed by atoms with Gasteiger partial charge in [-0.2, -0.15) is 0 Å². The summed E-state index contributed by atoms with van der Waals surface area (Å²) in [5.74, 6) is -1.43. The predicted octanol–water partition coefficient (Wildman–Crippen LogP) is 3.12. The summed E-state index contributed by atoms with van der Waals surface area (Å²) in [7, 11) is 6.77. The molecule has 0 radical (unpaired) electrons. The van der Waals surface area contributed by atoms with Crippen LogP contribution in [0.3, 0.4) is 0 Å². The summed E-state index contributed by atoms with van der Waals surface area (Å²) in [6, 6.07) is 6.53. The van der Waals surface area contributed by atoms with E-state index >= 15 is 0 Å². The van der Waals surface area contributed by atoms with Crippen molar-refractivity contribution in [3.05, 3.63) is 29.8 Å². The minimum atomic E-state index is -1.66. The third-order valence-electron chi connectivity index (χ3n) is 14.3. The fraction of sp³-hybridized carbons (Fsp3) is 0.784. The van der Waals surface area contributed by atoms with Crippen LogP contribution in [0.1, 0.15) is 63.2 Å². The standard InChI is InChI=1S/C37H54N2O9/c1-8-20(3)31(40)38-24-13-11-10-12-21(24)32(41)48-19-34-15-14-26(45-5)36-23-16-22-25(44-4)17-35(42,27(23)28(22)46-6)37(43,30(47-7)29(34)36)33(36)39(9-2)18-34/h10-13,20,22-23,25-30,33,42-43H,8-9,14-19H2,1-7H3,(H,38,40)/t20-,22-,23-,25+,26+,27-,28+,29-,30+,33+,34+,35-,36+,37-/m1/s1. The smallest absolute Gasteiger partial charge is 0.340 e. The number of likely N-dealkylation sites (tertiary alicyclic amines) is 1. The van der Waals surface area contributed by atoms with E-state index in [1.54, 1.807) is 52.7 Å². The number of anilines is 1. The van der Waals surface area contributed by atoms with Crippen molar-refractivity contribution in [2.45, 2.75) is 94.5 Å². The van der Waals surface area contributed by atoms with Gasteiger partial charge in [0.25, 0.3) is 0 Å². The second-order valence-electron chi connectivity index (χ2n) is 15.6. The molecular weight excluding hydrogens is 616 g/mol. The monoisotopic (exact) mass is 670 g/mol. The molecule has 6 fully saturated rings. The van der Waals surface area contributed by atoms with Crippen LogP contribution in [0.25, 0.3) is 0 Å². The Balaban J connectivity index is 1.32. The van der Waals surface area contributed by atoms with E-state index in [-0.39, 0.29) is 60.4 Å². The lowest BCUT2D eigenvalue weighted by Gasteiger charge is -2.70. The zero-order valence-electron chi connectivity index (χ0n) is 29.4. The summed E-state index contributed by atoms with van der Waals surface area (Å²) in [6.07, 6.45) is 1.66. The molecule has 48 heavy (non-hydrogen) atoms. The van der Waals surface area contributed by atoms with Crippen molar-refractivity contribution >= 4 is 17.6 Å². The Morgan fingerprint density at radius 3 is 2.46 bits per heavy atom. The van der Waals surface area contributed by atoms with Gasteiger partial charge in [0.15, 0.2) is 0 Å². The molecule has 3 N–H and O–H groups in total. The highest BCUT2D eigenvalue weighted by Gasteiger charge is 2.91. The van der Waals surface area contributed by atoms with Gasteiger partial charge in [0.2, 0.25) is 5.91 Å². The highest BCUT2D eigenvalue weighted by molar-refractivity contribution is 6.01. The van der Waals surface area contributed by atoms with Crippen LogP contribution >= 0.6 is 0 Å². The second-order valence-corrected chi connectivity index (χ2v) is 15.6. The number of para-hydroxylation sites is 1. The summed E-state index contributed by atoms with van der Waals surface area (Å²) in [4.78, 5) is 29.0. The lowest BCUT2D eigenvalue weighted by atomic mass is 9.42. The number of piperidine rings is 1. The van der Waals surface area contributed by atoms with Crippen molar-refractivity contribution < 1.29 is 43.5 Å². The number of amides is 1. The van der Waals surface area contributed by atoms with Crippen molar-refractivity contribution in [1.29, 1.82) is 0 Å². The first-order chi connectivity index (χ1) is 23.0. The van der Waals surface area contributed by atoms with E-state index in [1.807, 2.05) is 13.8 Å². The molecule has 5 aliphatic carbocycles. The molecule has 1 saturated heterocycles. The normalized spacial score (nSPS) is 45.9. The van der Waals surface area contributed by atoms with Crippen LogP contribution in [0.2, 0.25) is 0 Å². The van der Waals surface area contributed by atoms with Crippen LogP contribution in [0.15, 0.2) is 24.3 Å². The number of carbonyl (C=O) groups is 2. The van der Waals surface area contributed by atoms with Gasteiger partial charge in [0.1, 0.15) is 11.2 Å². The molecule has 7 bridgehead atoms. The van der Waals surface area contributed by atoms with E-state index in [2.05, 4.69) is 17.1 Å². The van der Waals surface area contributed by atoms with Gasteiger partial charge in [0, 0.05) is 75.9 Å². The molecule has 5 saturated carbocycles. The number of aliphatic hydroxyl groups is 2. The molecule has 7 rings (SSSR count). The minimum absolute atomic E-state index is 0.0424. The highest BCUT2D eigenvalue weighted by Crippen LogP contribution is 2.80. The molecule has 1 aromatic carbocycles. The Labute approximate surface area is 283 Å². The molecule has 11 heteroatoms. The Kier molecular flexibility index (Phi) is 8.58. The average Bonchev–Trinajstić information content (AvgIpc) is 3.51. The van der Waals surface area contributed by atoms with Gasteiger partial charge in [-0.05, 0) is 50.3 Å². The fourth-order valence-electron chi connectivity index (χ4n) is 12.5. The molecule has 1 spiro atoms. The van der Waals surface area contributed by atoms with Crippen molar-refractivity contribution in [3.8, 4) is 0 Å². The summed E-state index contributed by atoms with van der Waals surface area (Å²) in [5, 5.41) is 29.5. The van der Waals surface area contributed by atoms with Crippen LogP contribution < -0.4 is 5.32 Å². The number of methoxy groups -OCH3 is 4.